The number of para-hydroxylation sites is 1. The fourth-order valence-corrected chi connectivity index (χ4v) is 3.97. The molecule has 118 valence electrons. The van der Waals surface area contributed by atoms with Crippen LogP contribution in [0.3, 0.4) is 0 Å². The predicted molar refractivity (Wildman–Crippen MR) is 87.2 cm³/mol. The van der Waals surface area contributed by atoms with E-state index >= 15 is 0 Å². The Balaban J connectivity index is 1.85. The van der Waals surface area contributed by atoms with Gasteiger partial charge in [0.2, 0.25) is 0 Å². The second-order valence-electron chi connectivity index (χ2n) is 6.31. The van der Waals surface area contributed by atoms with Crippen LogP contribution < -0.4 is 9.47 Å². The fraction of sp³-hybridized carbons (Fsp3) is 0.526. The molecular weight excluding hydrogens is 276 g/mol. The third-order valence-corrected chi connectivity index (χ3v) is 5.11. The lowest BCUT2D eigenvalue weighted by Gasteiger charge is -2.15. The van der Waals surface area contributed by atoms with Crippen molar-refractivity contribution in [1.29, 1.82) is 0 Å². The quantitative estimate of drug-likeness (QED) is 0.780. The predicted octanol–water partition coefficient (Wildman–Crippen LogP) is 4.26. The first-order valence-electron chi connectivity index (χ1n) is 8.20. The van der Waals surface area contributed by atoms with E-state index in [0.29, 0.717) is 23.2 Å². The second kappa shape index (κ2) is 6.55. The van der Waals surface area contributed by atoms with Gasteiger partial charge < -0.3 is 9.47 Å². The van der Waals surface area contributed by atoms with Crippen LogP contribution >= 0.6 is 0 Å². The minimum Gasteiger partial charge on any atom is -0.493 e. The number of ketones is 1. The van der Waals surface area contributed by atoms with Crippen molar-refractivity contribution in [3.63, 3.8) is 0 Å². The molecule has 0 spiro atoms. The molecule has 2 aliphatic carbocycles. The molecule has 3 nitrogen and oxygen atoms in total. The highest BCUT2D eigenvalue weighted by molar-refractivity contribution is 6.03. The van der Waals surface area contributed by atoms with Gasteiger partial charge in [0.05, 0.1) is 14.2 Å². The minimum atomic E-state index is 0.255. The monoisotopic (exact) mass is 300 g/mol. The summed E-state index contributed by atoms with van der Waals surface area (Å²) >= 11 is 0. The van der Waals surface area contributed by atoms with Crippen molar-refractivity contribution in [2.45, 2.75) is 38.5 Å². The summed E-state index contributed by atoms with van der Waals surface area (Å²) < 4.78 is 10.8. The second-order valence-corrected chi connectivity index (χ2v) is 6.31. The van der Waals surface area contributed by atoms with Crippen molar-refractivity contribution in [1.82, 2.24) is 0 Å². The number of methoxy groups -OCH3 is 2. The van der Waals surface area contributed by atoms with Gasteiger partial charge in [-0.25, -0.2) is 0 Å². The highest BCUT2D eigenvalue weighted by atomic mass is 16.5. The van der Waals surface area contributed by atoms with E-state index in [1.165, 1.54) is 25.7 Å². The number of ether oxygens (including phenoxy) is 2. The lowest BCUT2D eigenvalue weighted by atomic mass is 9.88. The summed E-state index contributed by atoms with van der Waals surface area (Å²) in [6.45, 7) is 0. The third-order valence-electron chi connectivity index (χ3n) is 5.11. The maximum atomic E-state index is 12.7. The number of Topliss-reactive ketones (excluding diaryl/α,β-unsaturated/α-hetero) is 1. The average Bonchev–Trinajstić information content (AvgIpc) is 3.18. The van der Waals surface area contributed by atoms with Gasteiger partial charge in [-0.05, 0) is 49.3 Å². The summed E-state index contributed by atoms with van der Waals surface area (Å²) in [4.78, 5) is 12.7. The Kier molecular flexibility index (Phi) is 4.51. The highest BCUT2D eigenvalue weighted by Gasteiger charge is 2.36. The Morgan fingerprint density at radius 3 is 2.55 bits per heavy atom. The average molecular weight is 300 g/mol. The molecule has 0 amide bonds. The smallest absolute Gasteiger partial charge is 0.167 e. The summed E-state index contributed by atoms with van der Waals surface area (Å²) in [5.74, 6) is 2.64. The van der Waals surface area contributed by atoms with E-state index < -0.39 is 0 Å². The van der Waals surface area contributed by atoms with Crippen LogP contribution in [0.15, 0.2) is 23.8 Å². The number of carbonyl (C=O) groups is 1. The van der Waals surface area contributed by atoms with Crippen molar-refractivity contribution >= 4 is 11.9 Å². The molecule has 0 heterocycles. The van der Waals surface area contributed by atoms with Crippen LogP contribution in [0, 0.1) is 11.8 Å². The van der Waals surface area contributed by atoms with Crippen LogP contribution in [0.4, 0.5) is 0 Å². The molecule has 1 atom stereocenters. The maximum absolute atomic E-state index is 12.7. The molecular formula is C19H24O3. The van der Waals surface area contributed by atoms with Gasteiger partial charge in [-0.15, -0.1) is 0 Å². The molecule has 2 saturated carbocycles. The molecule has 1 unspecified atom stereocenters. The molecule has 0 aliphatic heterocycles. The highest BCUT2D eigenvalue weighted by Crippen LogP contribution is 2.41. The third kappa shape index (κ3) is 2.77. The Hall–Kier alpha value is -1.77. The van der Waals surface area contributed by atoms with Gasteiger partial charge in [-0.2, -0.15) is 0 Å². The molecule has 1 aromatic rings. The van der Waals surface area contributed by atoms with E-state index in [1.807, 2.05) is 24.3 Å². The van der Waals surface area contributed by atoms with Crippen molar-refractivity contribution < 1.29 is 14.3 Å². The van der Waals surface area contributed by atoms with E-state index in [4.69, 9.17) is 9.47 Å². The van der Waals surface area contributed by atoms with Gasteiger partial charge in [-0.3, -0.25) is 4.79 Å². The number of rotatable bonds is 4. The zero-order valence-corrected chi connectivity index (χ0v) is 13.4. The van der Waals surface area contributed by atoms with Crippen molar-refractivity contribution in [2.75, 3.05) is 14.2 Å². The van der Waals surface area contributed by atoms with Gasteiger partial charge in [0.25, 0.3) is 0 Å². The Morgan fingerprint density at radius 1 is 1.09 bits per heavy atom. The molecule has 3 heteroatoms. The lowest BCUT2D eigenvalue weighted by Crippen LogP contribution is -2.16. The molecule has 0 radical (unpaired) electrons. The van der Waals surface area contributed by atoms with Crippen LogP contribution in [0.2, 0.25) is 0 Å². The maximum Gasteiger partial charge on any atom is 0.167 e. The molecule has 2 aliphatic rings. The van der Waals surface area contributed by atoms with Crippen LogP contribution in [-0.4, -0.2) is 20.0 Å². The summed E-state index contributed by atoms with van der Waals surface area (Å²) in [5, 5.41) is 0. The molecule has 1 aromatic carbocycles. The zero-order valence-electron chi connectivity index (χ0n) is 13.4. The Bertz CT molecular complexity index is 582. The topological polar surface area (TPSA) is 35.5 Å². The normalized spacial score (nSPS) is 24.2. The van der Waals surface area contributed by atoms with Gasteiger partial charge in [0, 0.05) is 11.5 Å². The van der Waals surface area contributed by atoms with E-state index in [2.05, 4.69) is 0 Å². The summed E-state index contributed by atoms with van der Waals surface area (Å²) in [7, 11) is 3.27. The zero-order chi connectivity index (χ0) is 15.5. The summed E-state index contributed by atoms with van der Waals surface area (Å²) in [5.41, 5.74) is 1.88. The lowest BCUT2D eigenvalue weighted by molar-refractivity contribution is -0.119. The largest absolute Gasteiger partial charge is 0.493 e. The number of allylic oxidation sites excluding steroid dienone is 1. The van der Waals surface area contributed by atoms with Crippen molar-refractivity contribution in [2.24, 2.45) is 11.8 Å². The number of carbonyl (C=O) groups excluding carboxylic acids is 1. The van der Waals surface area contributed by atoms with Crippen LogP contribution in [0.25, 0.3) is 6.08 Å². The molecule has 0 N–H and O–H groups in total. The Morgan fingerprint density at radius 2 is 1.86 bits per heavy atom. The minimum absolute atomic E-state index is 0.255. The van der Waals surface area contributed by atoms with Crippen molar-refractivity contribution in [3.05, 3.63) is 29.3 Å². The van der Waals surface area contributed by atoms with Crippen LogP contribution in [0.1, 0.15) is 44.1 Å². The van der Waals surface area contributed by atoms with E-state index in [9.17, 15) is 4.79 Å². The first-order valence-corrected chi connectivity index (χ1v) is 8.20. The molecule has 3 rings (SSSR count). The van der Waals surface area contributed by atoms with E-state index in [0.717, 1.165) is 24.0 Å². The fourth-order valence-electron chi connectivity index (χ4n) is 3.97. The van der Waals surface area contributed by atoms with Gasteiger partial charge in [0.15, 0.2) is 17.3 Å². The molecule has 0 saturated heterocycles. The van der Waals surface area contributed by atoms with Crippen LogP contribution in [0.5, 0.6) is 11.5 Å². The molecule has 2 fully saturated rings. The number of hydrogen-bond acceptors (Lipinski definition) is 3. The summed E-state index contributed by atoms with van der Waals surface area (Å²) in [6, 6.07) is 5.78. The number of hydrogen-bond donors (Lipinski definition) is 0. The van der Waals surface area contributed by atoms with Gasteiger partial charge in [0.1, 0.15) is 0 Å². The van der Waals surface area contributed by atoms with Gasteiger partial charge in [-0.1, -0.05) is 25.0 Å². The van der Waals surface area contributed by atoms with Crippen LogP contribution in [-0.2, 0) is 4.79 Å². The van der Waals surface area contributed by atoms with Gasteiger partial charge >= 0.3 is 0 Å². The first-order chi connectivity index (χ1) is 10.7. The summed E-state index contributed by atoms with van der Waals surface area (Å²) in [6.07, 6.45) is 8.94. The standard InChI is InChI=1S/C19H24O3/c1-21-17-9-5-8-15(19(17)22-2)12-14-10-11-16(18(14)20)13-6-3-4-7-13/h5,8-9,12-13,16H,3-4,6-7,10-11H2,1-2H3. The Labute approximate surface area is 132 Å². The number of benzene rings is 1. The molecule has 0 bridgehead atoms. The molecule has 0 aromatic heterocycles. The van der Waals surface area contributed by atoms with E-state index in [1.54, 1.807) is 14.2 Å². The van der Waals surface area contributed by atoms with E-state index in [-0.39, 0.29) is 5.92 Å². The van der Waals surface area contributed by atoms with Crippen molar-refractivity contribution in [3.8, 4) is 11.5 Å². The molecule has 22 heavy (non-hydrogen) atoms. The first kappa shape index (κ1) is 15.1. The SMILES string of the molecule is COc1cccc(C=C2CCC(C3CCCC3)C2=O)c1OC.